The van der Waals surface area contributed by atoms with Gasteiger partial charge in [-0.25, -0.2) is 14.8 Å². The number of non-ortho nitro benzene ring substituents is 1. The molecule has 24 heavy (non-hydrogen) atoms. The molecule has 124 valence electrons. The summed E-state index contributed by atoms with van der Waals surface area (Å²) < 4.78 is 0. The van der Waals surface area contributed by atoms with Crippen LogP contribution >= 0.6 is 0 Å². The lowest BCUT2D eigenvalue weighted by Crippen LogP contribution is -2.46. The van der Waals surface area contributed by atoms with E-state index in [-0.39, 0.29) is 11.4 Å². The highest BCUT2D eigenvalue weighted by Crippen LogP contribution is 2.23. The maximum atomic E-state index is 10.9. The number of carboxylic acid groups (broad SMARTS) is 1. The smallest absolute Gasteiger partial charge is 0.356 e. The van der Waals surface area contributed by atoms with E-state index in [9.17, 15) is 14.9 Å². The molecule has 1 aromatic carbocycles. The summed E-state index contributed by atoms with van der Waals surface area (Å²) in [5, 5.41) is 19.7. The zero-order chi connectivity index (χ0) is 17.1. The summed E-state index contributed by atoms with van der Waals surface area (Å²) in [5.41, 5.74) is 0.801. The van der Waals surface area contributed by atoms with Gasteiger partial charge in [0.05, 0.1) is 17.3 Å². The van der Waals surface area contributed by atoms with Gasteiger partial charge in [0.25, 0.3) is 5.69 Å². The number of carboxylic acids is 1. The minimum atomic E-state index is -1.11. The number of nitro groups is 1. The number of hydrogen-bond donors (Lipinski definition) is 1. The standard InChI is InChI=1S/C15H15N5O4/c21-15(22)13-9-17-14(10-16-13)19-6-4-18(5-7-19)11-2-1-3-12(8-11)20(23)24/h1-3,8-10H,4-7H2,(H,21,22). The number of nitrogens with zero attached hydrogens (tertiary/aromatic N) is 5. The summed E-state index contributed by atoms with van der Waals surface area (Å²) in [6.07, 6.45) is 2.69. The molecule has 1 N–H and O–H groups in total. The zero-order valence-corrected chi connectivity index (χ0v) is 12.7. The van der Waals surface area contributed by atoms with Gasteiger partial charge in [0.1, 0.15) is 5.82 Å². The number of aromatic nitrogens is 2. The Kier molecular flexibility index (Phi) is 4.23. The molecule has 9 nitrogen and oxygen atoms in total. The van der Waals surface area contributed by atoms with E-state index >= 15 is 0 Å². The second-order valence-electron chi connectivity index (χ2n) is 5.32. The maximum absolute atomic E-state index is 10.9. The molecule has 0 spiro atoms. The molecule has 1 aliphatic rings. The molecule has 0 radical (unpaired) electrons. The van der Waals surface area contributed by atoms with Crippen LogP contribution < -0.4 is 9.80 Å². The first-order valence-electron chi connectivity index (χ1n) is 7.34. The van der Waals surface area contributed by atoms with Crippen molar-refractivity contribution in [1.82, 2.24) is 9.97 Å². The Morgan fingerprint density at radius 1 is 1.12 bits per heavy atom. The predicted octanol–water partition coefficient (Wildman–Crippen LogP) is 1.41. The number of piperazine rings is 1. The van der Waals surface area contributed by atoms with Crippen molar-refractivity contribution in [3.63, 3.8) is 0 Å². The van der Waals surface area contributed by atoms with E-state index in [1.54, 1.807) is 12.1 Å². The van der Waals surface area contributed by atoms with Gasteiger partial charge >= 0.3 is 5.97 Å². The van der Waals surface area contributed by atoms with Gasteiger partial charge in [-0.2, -0.15) is 0 Å². The van der Waals surface area contributed by atoms with E-state index in [0.29, 0.717) is 32.0 Å². The second kappa shape index (κ2) is 6.49. The van der Waals surface area contributed by atoms with Crippen molar-refractivity contribution < 1.29 is 14.8 Å². The highest BCUT2D eigenvalue weighted by Gasteiger charge is 2.20. The Labute approximate surface area is 137 Å². The van der Waals surface area contributed by atoms with Crippen LogP contribution in [-0.4, -0.2) is 52.1 Å². The third kappa shape index (κ3) is 3.24. The minimum Gasteiger partial charge on any atom is -0.476 e. The summed E-state index contributed by atoms with van der Waals surface area (Å²) in [7, 11) is 0. The Morgan fingerprint density at radius 2 is 1.83 bits per heavy atom. The SMILES string of the molecule is O=C(O)c1cnc(N2CCN(c3cccc([N+](=O)[O-])c3)CC2)cn1. The van der Waals surface area contributed by atoms with Gasteiger partial charge in [-0.3, -0.25) is 10.1 Å². The molecule has 2 aromatic rings. The molecule has 0 saturated carbocycles. The second-order valence-corrected chi connectivity index (χ2v) is 5.32. The number of nitro benzene ring substituents is 1. The Morgan fingerprint density at radius 3 is 2.42 bits per heavy atom. The van der Waals surface area contributed by atoms with E-state index in [1.807, 2.05) is 11.0 Å². The summed E-state index contributed by atoms with van der Waals surface area (Å²) in [4.78, 5) is 33.3. The van der Waals surface area contributed by atoms with Crippen molar-refractivity contribution in [2.45, 2.75) is 0 Å². The molecule has 9 heteroatoms. The van der Waals surface area contributed by atoms with Crippen LogP contribution in [0.4, 0.5) is 17.2 Å². The highest BCUT2D eigenvalue weighted by atomic mass is 16.6. The van der Waals surface area contributed by atoms with Gasteiger partial charge in [-0.15, -0.1) is 0 Å². The molecule has 0 unspecified atom stereocenters. The fourth-order valence-electron chi connectivity index (χ4n) is 2.59. The summed E-state index contributed by atoms with van der Waals surface area (Å²) in [6.45, 7) is 2.71. The van der Waals surface area contributed by atoms with Gasteiger partial charge < -0.3 is 14.9 Å². The summed E-state index contributed by atoms with van der Waals surface area (Å²) >= 11 is 0. The minimum absolute atomic E-state index is 0.0741. The summed E-state index contributed by atoms with van der Waals surface area (Å²) in [5.74, 6) is -0.483. The largest absolute Gasteiger partial charge is 0.476 e. The van der Waals surface area contributed by atoms with Crippen LogP contribution in [0.3, 0.4) is 0 Å². The Bertz CT molecular complexity index is 757. The van der Waals surface area contributed by atoms with E-state index < -0.39 is 10.9 Å². The number of carbonyl (C=O) groups is 1. The lowest BCUT2D eigenvalue weighted by atomic mass is 10.2. The monoisotopic (exact) mass is 329 g/mol. The van der Waals surface area contributed by atoms with E-state index in [2.05, 4.69) is 14.9 Å². The Balaban J connectivity index is 1.66. The van der Waals surface area contributed by atoms with Crippen molar-refractivity contribution in [3.8, 4) is 0 Å². The number of rotatable bonds is 4. The van der Waals surface area contributed by atoms with Crippen molar-refractivity contribution >= 4 is 23.2 Å². The van der Waals surface area contributed by atoms with Gasteiger partial charge in [0.15, 0.2) is 5.69 Å². The van der Waals surface area contributed by atoms with Crippen LogP contribution in [0, 0.1) is 10.1 Å². The molecule has 0 atom stereocenters. The molecule has 1 fully saturated rings. The quantitative estimate of drug-likeness (QED) is 0.662. The third-order valence-corrected chi connectivity index (χ3v) is 3.87. The molecule has 1 aliphatic heterocycles. The number of anilines is 2. The third-order valence-electron chi connectivity index (χ3n) is 3.87. The first-order valence-corrected chi connectivity index (χ1v) is 7.34. The van der Waals surface area contributed by atoms with Gasteiger partial charge in [0, 0.05) is 44.0 Å². The molecular formula is C15H15N5O4. The fourth-order valence-corrected chi connectivity index (χ4v) is 2.59. The van der Waals surface area contributed by atoms with Crippen LogP contribution in [0.1, 0.15) is 10.5 Å². The van der Waals surface area contributed by atoms with Crippen molar-refractivity contribution in [2.24, 2.45) is 0 Å². The average Bonchev–Trinajstić information content (AvgIpc) is 2.62. The van der Waals surface area contributed by atoms with E-state index in [4.69, 9.17) is 5.11 Å². The number of benzene rings is 1. The van der Waals surface area contributed by atoms with Crippen LogP contribution in [-0.2, 0) is 0 Å². The average molecular weight is 329 g/mol. The van der Waals surface area contributed by atoms with E-state index in [0.717, 1.165) is 5.69 Å². The van der Waals surface area contributed by atoms with Crippen LogP contribution in [0.15, 0.2) is 36.7 Å². The van der Waals surface area contributed by atoms with Gasteiger partial charge in [-0.05, 0) is 6.07 Å². The van der Waals surface area contributed by atoms with Crippen molar-refractivity contribution in [3.05, 3.63) is 52.5 Å². The van der Waals surface area contributed by atoms with Crippen molar-refractivity contribution in [2.75, 3.05) is 36.0 Å². The first kappa shape index (κ1) is 15.7. The van der Waals surface area contributed by atoms with Crippen LogP contribution in [0.2, 0.25) is 0 Å². The number of hydrogen-bond acceptors (Lipinski definition) is 7. The predicted molar refractivity (Wildman–Crippen MR) is 86.5 cm³/mol. The molecular weight excluding hydrogens is 314 g/mol. The molecule has 1 aromatic heterocycles. The number of aromatic carboxylic acids is 1. The molecule has 3 rings (SSSR count). The maximum Gasteiger partial charge on any atom is 0.356 e. The topological polar surface area (TPSA) is 113 Å². The Hall–Kier alpha value is -3.23. The molecule has 2 heterocycles. The molecule has 0 amide bonds. The van der Waals surface area contributed by atoms with Gasteiger partial charge in [0.2, 0.25) is 0 Å². The summed E-state index contributed by atoms with van der Waals surface area (Å²) in [6, 6.07) is 6.57. The molecule has 0 bridgehead atoms. The molecule has 0 aliphatic carbocycles. The van der Waals surface area contributed by atoms with Crippen LogP contribution in [0.5, 0.6) is 0 Å². The van der Waals surface area contributed by atoms with E-state index in [1.165, 1.54) is 18.5 Å². The zero-order valence-electron chi connectivity index (χ0n) is 12.7. The molecule has 1 saturated heterocycles. The van der Waals surface area contributed by atoms with Gasteiger partial charge in [-0.1, -0.05) is 6.07 Å². The van der Waals surface area contributed by atoms with Crippen LogP contribution in [0.25, 0.3) is 0 Å². The lowest BCUT2D eigenvalue weighted by molar-refractivity contribution is -0.384. The lowest BCUT2D eigenvalue weighted by Gasteiger charge is -2.36. The first-order chi connectivity index (χ1) is 11.5. The normalized spacial score (nSPS) is 14.5. The van der Waals surface area contributed by atoms with Crippen molar-refractivity contribution in [1.29, 1.82) is 0 Å². The fraction of sp³-hybridized carbons (Fsp3) is 0.267. The highest BCUT2D eigenvalue weighted by molar-refractivity contribution is 5.84.